The van der Waals surface area contributed by atoms with Crippen LogP contribution in [0.1, 0.15) is 92.6 Å². The van der Waals surface area contributed by atoms with Crippen molar-refractivity contribution < 1.29 is 38.6 Å². The highest BCUT2D eigenvalue weighted by atomic mass is 17.3. The molecule has 39 heavy (non-hydrogen) atoms. The second kappa shape index (κ2) is 15.7. The van der Waals surface area contributed by atoms with E-state index in [-0.39, 0.29) is 30.1 Å². The lowest BCUT2D eigenvalue weighted by atomic mass is 9.87. The van der Waals surface area contributed by atoms with E-state index in [2.05, 4.69) is 48.5 Å². The van der Waals surface area contributed by atoms with Gasteiger partial charge in [-0.25, -0.2) is 9.59 Å². The number of ether oxygens (including phenoxy) is 2. The molecule has 2 aromatic rings. The van der Waals surface area contributed by atoms with Gasteiger partial charge in [-0.2, -0.15) is 0 Å². The molecular formula is C31H42O8. The van der Waals surface area contributed by atoms with Crippen LogP contribution in [0.5, 0.6) is 0 Å². The van der Waals surface area contributed by atoms with E-state index in [0.29, 0.717) is 43.8 Å². The summed E-state index contributed by atoms with van der Waals surface area (Å²) in [6.07, 6.45) is 1.25. The molecule has 0 fully saturated rings. The third-order valence-corrected chi connectivity index (χ3v) is 5.71. The van der Waals surface area contributed by atoms with Crippen LogP contribution in [0.4, 0.5) is 0 Å². The van der Waals surface area contributed by atoms with Crippen molar-refractivity contribution in [3.05, 3.63) is 84.0 Å². The quantitative estimate of drug-likeness (QED) is 0.140. The van der Waals surface area contributed by atoms with Gasteiger partial charge in [0.25, 0.3) is 0 Å². The summed E-state index contributed by atoms with van der Waals surface area (Å²) in [6.45, 7) is 18.0. The molecule has 0 saturated heterocycles. The molecule has 0 N–H and O–H groups in total. The number of carbonyl (C=O) groups is 2. The normalized spacial score (nSPS) is 12.0. The maximum Gasteiger partial charge on any atom is 0.373 e. The Labute approximate surface area is 232 Å². The molecule has 2 aromatic carbocycles. The highest BCUT2D eigenvalue weighted by Crippen LogP contribution is 2.24. The standard InChI is InChI=1S/C31H42O8/c1-8-19-34-20-9-21-35-22-18-27(36-38-28(32)23-10-14-25(15-11-23)30(2,3)4)37-39-29(33)24-12-16-26(17-13-24)31(5,6)7/h10-17H,1,8-9,18-22H2,2-7H3. The summed E-state index contributed by atoms with van der Waals surface area (Å²) >= 11 is 0. The van der Waals surface area contributed by atoms with Crippen molar-refractivity contribution in [3.8, 4) is 0 Å². The molecule has 0 bridgehead atoms. The first kappa shape index (κ1) is 32.4. The van der Waals surface area contributed by atoms with Crippen LogP contribution < -0.4 is 0 Å². The fourth-order valence-electron chi connectivity index (χ4n) is 3.30. The van der Waals surface area contributed by atoms with Crippen LogP contribution >= 0.6 is 0 Å². The number of hydrogen-bond donors (Lipinski definition) is 0. The van der Waals surface area contributed by atoms with Gasteiger partial charge in [0.2, 0.25) is 0 Å². The lowest BCUT2D eigenvalue weighted by molar-refractivity contribution is -0.364. The van der Waals surface area contributed by atoms with Gasteiger partial charge in [0.05, 0.1) is 17.7 Å². The highest BCUT2D eigenvalue weighted by Gasteiger charge is 2.23. The van der Waals surface area contributed by atoms with Gasteiger partial charge in [-0.3, -0.25) is 9.78 Å². The predicted octanol–water partition coefficient (Wildman–Crippen LogP) is 6.69. The van der Waals surface area contributed by atoms with Gasteiger partial charge in [0.1, 0.15) is 0 Å². The highest BCUT2D eigenvalue weighted by molar-refractivity contribution is 5.89. The van der Waals surface area contributed by atoms with E-state index in [4.69, 9.17) is 29.0 Å². The molecule has 0 unspecified atom stereocenters. The Hall–Kier alpha value is -2.78. The Balaban J connectivity index is 1.92. The number of hydrogen-bond acceptors (Lipinski definition) is 8. The predicted molar refractivity (Wildman–Crippen MR) is 147 cm³/mol. The van der Waals surface area contributed by atoms with E-state index >= 15 is 0 Å². The van der Waals surface area contributed by atoms with Crippen molar-refractivity contribution in [2.24, 2.45) is 0 Å². The topological polar surface area (TPSA) is 89.5 Å². The minimum atomic E-state index is -0.718. The maximum atomic E-state index is 12.5. The first-order valence-electron chi connectivity index (χ1n) is 13.2. The average molecular weight is 543 g/mol. The molecule has 0 aromatic heterocycles. The van der Waals surface area contributed by atoms with Crippen LogP contribution in [0.3, 0.4) is 0 Å². The van der Waals surface area contributed by atoms with Crippen molar-refractivity contribution in [1.29, 1.82) is 0 Å². The molecule has 0 amide bonds. The van der Waals surface area contributed by atoms with E-state index < -0.39 is 11.9 Å². The Morgan fingerprint density at radius 2 is 1.03 bits per heavy atom. The lowest BCUT2D eigenvalue weighted by Crippen LogP contribution is -2.18. The van der Waals surface area contributed by atoms with Crippen LogP contribution in [-0.2, 0) is 39.9 Å². The summed E-state index contributed by atoms with van der Waals surface area (Å²) in [6, 6.07) is 14.1. The molecule has 214 valence electrons. The lowest BCUT2D eigenvalue weighted by Gasteiger charge is -2.19. The molecule has 0 atom stereocenters. The first-order chi connectivity index (χ1) is 18.4. The zero-order valence-corrected chi connectivity index (χ0v) is 24.0. The zero-order chi connectivity index (χ0) is 28.9. The van der Waals surface area contributed by atoms with Gasteiger partial charge < -0.3 is 9.47 Å². The van der Waals surface area contributed by atoms with Crippen molar-refractivity contribution in [2.45, 2.75) is 71.6 Å². The molecule has 2 radical (unpaired) electrons. The first-order valence-corrected chi connectivity index (χ1v) is 13.2. The third kappa shape index (κ3) is 11.9. The van der Waals surface area contributed by atoms with E-state index in [0.717, 1.165) is 11.1 Å². The van der Waals surface area contributed by atoms with E-state index in [9.17, 15) is 9.59 Å². The summed E-state index contributed by atoms with van der Waals surface area (Å²) in [5.41, 5.74) is 2.65. The van der Waals surface area contributed by atoms with Crippen LogP contribution in [0.25, 0.3) is 0 Å². The minimum Gasteiger partial charge on any atom is -0.381 e. The zero-order valence-electron chi connectivity index (χ0n) is 24.0. The van der Waals surface area contributed by atoms with Gasteiger partial charge in [0.15, 0.2) is 0 Å². The van der Waals surface area contributed by atoms with Crippen LogP contribution in [0.15, 0.2) is 48.5 Å². The molecular weight excluding hydrogens is 500 g/mol. The Kier molecular flexibility index (Phi) is 13.1. The fraction of sp³-hybridized carbons (Fsp3) is 0.484. The maximum absolute atomic E-state index is 12.5. The molecule has 0 aliphatic rings. The summed E-state index contributed by atoms with van der Waals surface area (Å²) in [7, 11) is 0. The van der Waals surface area contributed by atoms with E-state index in [1.807, 2.05) is 24.3 Å². The third-order valence-electron chi connectivity index (χ3n) is 5.71. The van der Waals surface area contributed by atoms with Crippen molar-refractivity contribution in [2.75, 3.05) is 26.4 Å². The summed E-state index contributed by atoms with van der Waals surface area (Å²) in [4.78, 5) is 45.2. The molecule has 2 rings (SSSR count). The fourth-order valence-corrected chi connectivity index (χ4v) is 3.30. The minimum absolute atomic E-state index is 0.0516. The van der Waals surface area contributed by atoms with E-state index in [1.54, 1.807) is 24.3 Å². The Morgan fingerprint density at radius 3 is 1.41 bits per heavy atom. The van der Waals surface area contributed by atoms with Gasteiger partial charge in [-0.15, -0.1) is 9.78 Å². The van der Waals surface area contributed by atoms with Crippen molar-refractivity contribution in [3.63, 3.8) is 0 Å². The van der Waals surface area contributed by atoms with Crippen LogP contribution in [0.2, 0.25) is 0 Å². The van der Waals surface area contributed by atoms with Crippen molar-refractivity contribution in [1.82, 2.24) is 0 Å². The van der Waals surface area contributed by atoms with Crippen LogP contribution in [0, 0.1) is 13.2 Å². The number of rotatable bonds is 15. The summed E-state index contributed by atoms with van der Waals surface area (Å²) in [5, 5.41) is 0. The van der Waals surface area contributed by atoms with Crippen LogP contribution in [-0.4, -0.2) is 38.4 Å². The Morgan fingerprint density at radius 1 is 0.615 bits per heavy atom. The molecule has 0 aliphatic carbocycles. The van der Waals surface area contributed by atoms with Gasteiger partial charge in [-0.1, -0.05) is 72.7 Å². The molecule has 8 heteroatoms. The molecule has 8 nitrogen and oxygen atoms in total. The molecule has 0 saturated carbocycles. The SMILES string of the molecule is [CH2]CCOCCCOCC[C](OOC(=O)c1ccc(C(C)(C)C)cc1)OOC(=O)c1ccc(C(C)(C)C)cc1. The summed E-state index contributed by atoms with van der Waals surface area (Å²) < 4.78 is 10.9. The average Bonchev–Trinajstić information content (AvgIpc) is 2.90. The molecule has 0 heterocycles. The molecule has 0 aliphatic heterocycles. The second-order valence-corrected chi connectivity index (χ2v) is 11.1. The van der Waals surface area contributed by atoms with Gasteiger partial charge in [0, 0.05) is 26.2 Å². The smallest absolute Gasteiger partial charge is 0.373 e. The van der Waals surface area contributed by atoms with Gasteiger partial charge in [-0.05, 0) is 59.1 Å². The number of benzene rings is 2. The second-order valence-electron chi connectivity index (χ2n) is 11.1. The number of carbonyl (C=O) groups excluding carboxylic acids is 2. The van der Waals surface area contributed by atoms with Crippen molar-refractivity contribution >= 4 is 11.9 Å². The largest absolute Gasteiger partial charge is 0.381 e. The van der Waals surface area contributed by atoms with Gasteiger partial charge >= 0.3 is 18.2 Å². The summed E-state index contributed by atoms with van der Waals surface area (Å²) in [5.74, 6) is -1.44. The Bertz CT molecular complexity index is 927. The molecule has 0 spiro atoms. The monoisotopic (exact) mass is 542 g/mol. The van der Waals surface area contributed by atoms with E-state index in [1.165, 1.54) is 0 Å².